The molecule has 90 heavy (non-hydrogen) atoms. The summed E-state index contributed by atoms with van der Waals surface area (Å²) in [6.45, 7) is 1.79. The SMILES string of the molecule is Cc1cocc1C(=O)c1sc2cc(O)ccc2c1Oc1ccc(/C=C/C(=O)O)cc1.Cn1ccnc1C(=O)c1sc2cc(O)ccc2c1Oc1ccc(/C=C/C(=O)O)cc1.Cn1nccc1C(=O)c1sc2cc(O)ccc2c1Oc1ccc(/C=C/C(=O)O)cc1. The van der Waals surface area contributed by atoms with Crippen LogP contribution in [0.4, 0.5) is 0 Å². The molecule has 450 valence electrons. The molecular weight excluding hydrogens is 1210 g/mol. The minimum atomic E-state index is -1.03. The zero-order valence-electron chi connectivity index (χ0n) is 47.3. The predicted octanol–water partition coefficient (Wildman–Crippen LogP) is 14.6. The number of thiophene rings is 3. The van der Waals surface area contributed by atoms with Crippen LogP contribution >= 0.6 is 34.0 Å². The van der Waals surface area contributed by atoms with Crippen molar-refractivity contribution in [3.05, 3.63) is 237 Å². The summed E-state index contributed by atoms with van der Waals surface area (Å²) in [5.41, 5.74) is 3.70. The first-order valence-corrected chi connectivity index (χ1v) is 29.2. The number of benzene rings is 6. The van der Waals surface area contributed by atoms with Crippen molar-refractivity contribution >= 4 is 118 Å². The third kappa shape index (κ3) is 14.3. The number of rotatable bonds is 18. The van der Waals surface area contributed by atoms with E-state index in [1.54, 1.807) is 172 Å². The highest BCUT2D eigenvalue weighted by atomic mass is 32.1. The van der Waals surface area contributed by atoms with Crippen molar-refractivity contribution in [2.75, 3.05) is 0 Å². The normalized spacial score (nSPS) is 11.2. The molecule has 0 saturated carbocycles. The number of ketones is 3. The Hall–Kier alpha value is -11.7. The lowest BCUT2D eigenvalue weighted by molar-refractivity contribution is -0.132. The summed E-state index contributed by atoms with van der Waals surface area (Å²) in [5, 5.41) is 61.8. The third-order valence-electron chi connectivity index (χ3n) is 13.2. The molecule has 0 saturated heterocycles. The summed E-state index contributed by atoms with van der Waals surface area (Å²) < 4.78 is 28.7. The fourth-order valence-corrected chi connectivity index (χ4v) is 12.2. The van der Waals surface area contributed by atoms with Gasteiger partial charge in [0.25, 0.3) is 0 Å². The van der Waals surface area contributed by atoms with Crippen molar-refractivity contribution in [2.45, 2.75) is 6.92 Å². The van der Waals surface area contributed by atoms with Crippen molar-refractivity contribution < 1.29 is 78.0 Å². The van der Waals surface area contributed by atoms with Gasteiger partial charge in [0.2, 0.25) is 17.3 Å². The smallest absolute Gasteiger partial charge is 0.328 e. The summed E-state index contributed by atoms with van der Waals surface area (Å²) in [7, 11) is 3.43. The Morgan fingerprint density at radius 2 is 0.878 bits per heavy atom. The van der Waals surface area contributed by atoms with Crippen molar-refractivity contribution in [2.24, 2.45) is 14.1 Å². The number of aliphatic carboxylic acids is 3. The topological polar surface area (TPSA) is 300 Å². The number of nitrogens with zero attached hydrogens (tertiary/aromatic N) is 4. The number of hydrogen-bond acceptors (Lipinski definition) is 18. The number of carboxylic acid groups (broad SMARTS) is 3. The van der Waals surface area contributed by atoms with Crippen molar-refractivity contribution in [1.29, 1.82) is 0 Å². The van der Waals surface area contributed by atoms with Gasteiger partial charge in [-0.1, -0.05) is 36.4 Å². The van der Waals surface area contributed by atoms with E-state index in [2.05, 4.69) is 10.1 Å². The van der Waals surface area contributed by atoms with Crippen LogP contribution in [-0.2, 0) is 28.5 Å². The van der Waals surface area contributed by atoms with E-state index < -0.39 is 17.9 Å². The molecule has 6 aromatic heterocycles. The maximum Gasteiger partial charge on any atom is 0.328 e. The number of carbonyl (C=O) groups excluding carboxylic acids is 3. The molecule has 12 rings (SSSR count). The molecule has 0 spiro atoms. The second-order valence-electron chi connectivity index (χ2n) is 19.5. The number of aromatic nitrogens is 4. The number of aromatic hydroxyl groups is 3. The Bertz CT molecular complexity index is 4330. The molecule has 6 N–H and O–H groups in total. The predicted molar refractivity (Wildman–Crippen MR) is 340 cm³/mol. The van der Waals surface area contributed by atoms with Crippen LogP contribution in [0, 0.1) is 6.92 Å². The highest BCUT2D eigenvalue weighted by Gasteiger charge is 2.28. The van der Waals surface area contributed by atoms with Crippen LogP contribution in [0.5, 0.6) is 51.7 Å². The number of aryl methyl sites for hydroxylation is 3. The lowest BCUT2D eigenvalue weighted by atomic mass is 10.1. The second kappa shape index (κ2) is 26.9. The molecule has 6 heterocycles. The van der Waals surface area contributed by atoms with Crippen LogP contribution in [0.2, 0.25) is 0 Å². The van der Waals surface area contributed by atoms with Gasteiger partial charge in [0.15, 0.2) is 23.1 Å². The summed E-state index contributed by atoms with van der Waals surface area (Å²) in [6.07, 6.45) is 15.3. The Balaban J connectivity index is 0.000000148. The number of carboxylic acids is 3. The molecule has 0 atom stereocenters. The van der Waals surface area contributed by atoms with Crippen molar-refractivity contribution in [3.63, 3.8) is 0 Å². The summed E-state index contributed by atoms with van der Waals surface area (Å²) in [5.74, 6) is -0.571. The average molecular weight is 1260 g/mol. The monoisotopic (exact) mass is 1260 g/mol. The van der Waals surface area contributed by atoms with E-state index in [0.29, 0.717) is 97.9 Å². The Labute approximate surface area is 521 Å². The molecule has 20 nitrogen and oxygen atoms in total. The van der Waals surface area contributed by atoms with Gasteiger partial charge in [-0.25, -0.2) is 19.4 Å². The minimum absolute atomic E-state index is 0.0980. The summed E-state index contributed by atoms with van der Waals surface area (Å²) in [6, 6.07) is 36.6. The Morgan fingerprint density at radius 3 is 1.21 bits per heavy atom. The maximum atomic E-state index is 13.1. The van der Waals surface area contributed by atoms with Gasteiger partial charge in [0, 0.05) is 81.2 Å². The molecule has 6 aromatic carbocycles. The van der Waals surface area contributed by atoms with Crippen LogP contribution < -0.4 is 14.2 Å². The number of fused-ring (bicyclic) bond motifs is 3. The lowest BCUT2D eigenvalue weighted by Crippen LogP contribution is -2.08. The zero-order valence-corrected chi connectivity index (χ0v) is 49.8. The first-order valence-electron chi connectivity index (χ1n) is 26.7. The van der Waals surface area contributed by atoms with E-state index in [9.17, 15) is 44.1 Å². The molecule has 0 aliphatic heterocycles. The quantitative estimate of drug-likeness (QED) is 0.0343. The molecule has 0 amide bonds. The standard InChI is InChI=1S/C23H16O6S.2C22H16N2O5S/c1-13-11-28-12-18(13)21(27)23-22(17-8-5-15(24)10-19(17)30-23)29-16-6-2-14(3-7-16)4-9-20(25)26;1-24-11-10-23-22(24)19(28)21-20(16-8-5-14(25)12-17(16)30-21)29-15-6-2-13(3-7-15)4-9-18(26)27;1-24-17(10-11-23-24)20(28)22-21(16-8-5-14(25)12-18(16)30-22)29-15-6-2-13(3-7-15)4-9-19(26)27/h2-12,24H,1H3,(H,25,26);2*2-12,25H,1H3,(H,26,27)/b3*9-4+. The van der Waals surface area contributed by atoms with Gasteiger partial charge in [-0.2, -0.15) is 5.10 Å². The molecule has 23 heteroatoms. The first-order chi connectivity index (χ1) is 43.3. The third-order valence-corrected chi connectivity index (χ3v) is 16.6. The van der Waals surface area contributed by atoms with E-state index in [0.717, 1.165) is 33.2 Å². The van der Waals surface area contributed by atoms with Crippen LogP contribution in [0.25, 0.3) is 48.5 Å². The second-order valence-corrected chi connectivity index (χ2v) is 22.7. The van der Waals surface area contributed by atoms with E-state index in [4.69, 9.17) is 33.9 Å². The van der Waals surface area contributed by atoms with E-state index in [-0.39, 0.29) is 40.4 Å². The number of phenols is 3. The maximum absolute atomic E-state index is 13.1. The molecular formula is C67H48N4O16S3. The van der Waals surface area contributed by atoms with Gasteiger partial charge >= 0.3 is 17.9 Å². The molecule has 0 aliphatic rings. The lowest BCUT2D eigenvalue weighted by Gasteiger charge is -2.08. The number of ether oxygens (including phenoxy) is 3. The Kier molecular flexibility index (Phi) is 18.4. The number of carbonyl (C=O) groups is 6. The van der Waals surface area contributed by atoms with Gasteiger partial charge in [0.1, 0.15) is 61.1 Å². The van der Waals surface area contributed by atoms with Gasteiger partial charge in [-0.15, -0.1) is 34.0 Å². The molecule has 12 aromatic rings. The van der Waals surface area contributed by atoms with Gasteiger partial charge in [-0.3, -0.25) is 19.1 Å². The van der Waals surface area contributed by atoms with Crippen molar-refractivity contribution in [3.8, 4) is 51.7 Å². The number of hydrogen-bond donors (Lipinski definition) is 6. The molecule has 0 fully saturated rings. The molecule has 0 aliphatic carbocycles. The largest absolute Gasteiger partial charge is 0.508 e. The van der Waals surface area contributed by atoms with Crippen LogP contribution in [-0.4, -0.2) is 85.2 Å². The van der Waals surface area contributed by atoms with Crippen molar-refractivity contribution in [1.82, 2.24) is 19.3 Å². The molecule has 0 unspecified atom stereocenters. The van der Waals surface area contributed by atoms with E-state index in [1.165, 1.54) is 75.5 Å². The van der Waals surface area contributed by atoms with Crippen LogP contribution in [0.15, 0.2) is 187 Å². The average Bonchev–Trinajstić information content (AvgIpc) is 1.71. The number of furan rings is 1. The van der Waals surface area contributed by atoms with Crippen LogP contribution in [0.3, 0.4) is 0 Å². The zero-order chi connectivity index (χ0) is 63.8. The first kappa shape index (κ1) is 61.4. The number of imidazole rings is 1. The van der Waals surface area contributed by atoms with E-state index in [1.807, 2.05) is 0 Å². The fourth-order valence-electron chi connectivity index (χ4n) is 8.85. The molecule has 0 radical (unpaired) electrons. The summed E-state index contributed by atoms with van der Waals surface area (Å²) in [4.78, 5) is 76.7. The summed E-state index contributed by atoms with van der Waals surface area (Å²) >= 11 is 3.69. The minimum Gasteiger partial charge on any atom is -0.508 e. The fraction of sp³-hybridized carbons (Fsp3) is 0.0448. The van der Waals surface area contributed by atoms with E-state index >= 15 is 0 Å². The number of phenolic OH excluding ortho intramolecular Hbond substituents is 3. The van der Waals surface area contributed by atoms with Gasteiger partial charge in [0.05, 0.1) is 11.8 Å². The van der Waals surface area contributed by atoms with Gasteiger partial charge in [-0.05, 0) is 144 Å². The highest BCUT2D eigenvalue weighted by molar-refractivity contribution is 7.22. The highest BCUT2D eigenvalue weighted by Crippen LogP contribution is 2.46. The van der Waals surface area contributed by atoms with Crippen LogP contribution in [0.1, 0.15) is 68.4 Å². The Morgan fingerprint density at radius 1 is 0.489 bits per heavy atom. The molecule has 0 bridgehead atoms. The van der Waals surface area contributed by atoms with Gasteiger partial charge < -0.3 is 53.8 Å².